The molecule has 0 fully saturated rings. The lowest BCUT2D eigenvalue weighted by atomic mass is 10.6. The van der Waals surface area contributed by atoms with Crippen LogP contribution in [0.3, 0.4) is 0 Å². The molecule has 1 heterocycles. The second kappa shape index (κ2) is 10.3. The summed E-state index contributed by atoms with van der Waals surface area (Å²) in [5.74, 6) is 0.281. The van der Waals surface area contributed by atoms with Gasteiger partial charge >= 0.3 is 0 Å². The first-order valence-electron chi connectivity index (χ1n) is 6.01. The highest BCUT2D eigenvalue weighted by Crippen LogP contribution is 2.19. The Balaban J connectivity index is 0.00000400. The predicted octanol–water partition coefficient (Wildman–Crippen LogP) is 0.537. The second-order valence-corrected chi connectivity index (χ2v) is 7.16. The summed E-state index contributed by atoms with van der Waals surface area (Å²) in [6.45, 7) is 1.66. The molecule has 1 rings (SSSR count). The summed E-state index contributed by atoms with van der Waals surface area (Å²) in [7, 11) is -0.290. The van der Waals surface area contributed by atoms with Crippen LogP contribution in [-0.2, 0) is 14.8 Å². The Hall–Kier alpha value is -0.430. The van der Waals surface area contributed by atoms with Gasteiger partial charge in [-0.25, -0.2) is 8.42 Å². The van der Waals surface area contributed by atoms with Crippen LogP contribution >= 0.6 is 35.3 Å². The average molecular weight is 448 g/mol. The van der Waals surface area contributed by atoms with Crippen LogP contribution in [0.4, 0.5) is 0 Å². The highest BCUT2D eigenvalue weighted by atomic mass is 127. The minimum atomic E-state index is -3.41. The molecule has 0 atom stereocenters. The summed E-state index contributed by atoms with van der Waals surface area (Å²) in [4.78, 5) is 4.06. The number of thiophene rings is 1. The number of guanidine groups is 1. The van der Waals surface area contributed by atoms with Gasteiger partial charge in [0, 0.05) is 27.2 Å². The first-order chi connectivity index (χ1) is 9.48. The number of nitrogens with two attached hydrogens (primary N) is 1. The van der Waals surface area contributed by atoms with Crippen molar-refractivity contribution >= 4 is 51.3 Å². The van der Waals surface area contributed by atoms with Crippen molar-refractivity contribution in [1.82, 2.24) is 9.62 Å². The van der Waals surface area contributed by atoms with E-state index in [1.54, 1.807) is 24.6 Å². The van der Waals surface area contributed by atoms with E-state index in [-0.39, 0.29) is 36.5 Å². The van der Waals surface area contributed by atoms with E-state index in [1.165, 1.54) is 22.7 Å². The van der Waals surface area contributed by atoms with Crippen LogP contribution < -0.4 is 11.1 Å². The number of aliphatic imine (C=N–C) groups is 1. The molecule has 0 spiro atoms. The normalized spacial score (nSPS) is 12.2. The molecule has 0 unspecified atom stereocenters. The quantitative estimate of drug-likeness (QED) is 0.262. The van der Waals surface area contributed by atoms with Crippen molar-refractivity contribution < 1.29 is 13.2 Å². The minimum absolute atomic E-state index is 0. The van der Waals surface area contributed by atoms with Crippen molar-refractivity contribution in [1.29, 1.82) is 0 Å². The van der Waals surface area contributed by atoms with Crippen molar-refractivity contribution in [2.24, 2.45) is 10.7 Å². The molecule has 0 saturated heterocycles. The monoisotopic (exact) mass is 448 g/mol. The van der Waals surface area contributed by atoms with Gasteiger partial charge in [-0.2, -0.15) is 4.31 Å². The zero-order valence-electron chi connectivity index (χ0n) is 12.0. The standard InChI is InChI=1S/C11H20N4O3S2.HI/c1-15(20(16,17)10-4-3-9-19-10)7-5-13-11(12)14-6-8-18-2;/h3-4,9H,5-8H2,1-2H3,(H3,12,13,14);1H. The molecule has 0 amide bonds. The summed E-state index contributed by atoms with van der Waals surface area (Å²) in [5.41, 5.74) is 5.62. The topological polar surface area (TPSA) is 97.0 Å². The molecule has 0 aromatic carbocycles. The molecule has 0 bridgehead atoms. The Morgan fingerprint density at radius 3 is 2.86 bits per heavy atom. The summed E-state index contributed by atoms with van der Waals surface area (Å²) < 4.78 is 30.7. The highest BCUT2D eigenvalue weighted by Gasteiger charge is 2.20. The number of likely N-dealkylation sites (N-methyl/N-ethyl adjacent to an activating group) is 1. The molecular weight excluding hydrogens is 427 g/mol. The number of methoxy groups -OCH3 is 1. The maximum atomic E-state index is 12.1. The van der Waals surface area contributed by atoms with Crippen molar-refractivity contribution in [3.63, 3.8) is 0 Å². The molecule has 0 aliphatic rings. The van der Waals surface area contributed by atoms with Crippen LogP contribution in [0, 0.1) is 0 Å². The molecule has 0 aliphatic heterocycles. The van der Waals surface area contributed by atoms with E-state index in [4.69, 9.17) is 10.5 Å². The number of sulfonamides is 1. The summed E-state index contributed by atoms with van der Waals surface area (Å²) in [6.07, 6.45) is 0. The van der Waals surface area contributed by atoms with Crippen LogP contribution in [0.25, 0.3) is 0 Å². The summed E-state index contributed by atoms with van der Waals surface area (Å²) in [5, 5.41) is 4.59. The molecule has 0 aliphatic carbocycles. The van der Waals surface area contributed by atoms with Crippen molar-refractivity contribution in [3.8, 4) is 0 Å². The number of hydrogen-bond acceptors (Lipinski definition) is 5. The lowest BCUT2D eigenvalue weighted by Crippen LogP contribution is -2.35. The molecule has 7 nitrogen and oxygen atoms in total. The molecule has 10 heteroatoms. The molecule has 21 heavy (non-hydrogen) atoms. The summed E-state index contributed by atoms with van der Waals surface area (Å²) >= 11 is 1.20. The molecule has 0 radical (unpaired) electrons. The number of ether oxygens (including phenoxy) is 1. The fraction of sp³-hybridized carbons (Fsp3) is 0.545. The van der Waals surface area contributed by atoms with Gasteiger partial charge in [0.15, 0.2) is 5.96 Å². The molecular formula is C11H21IN4O3S2. The van der Waals surface area contributed by atoms with Gasteiger partial charge in [-0.05, 0) is 11.4 Å². The smallest absolute Gasteiger partial charge is 0.252 e. The third-order valence-electron chi connectivity index (χ3n) is 2.47. The highest BCUT2D eigenvalue weighted by molar-refractivity contribution is 14.0. The van der Waals surface area contributed by atoms with Crippen molar-refractivity contribution in [3.05, 3.63) is 17.5 Å². The van der Waals surface area contributed by atoms with E-state index in [1.807, 2.05) is 0 Å². The van der Waals surface area contributed by atoms with Gasteiger partial charge in [0.2, 0.25) is 0 Å². The van der Waals surface area contributed by atoms with Gasteiger partial charge in [-0.3, -0.25) is 4.99 Å². The van der Waals surface area contributed by atoms with Gasteiger partial charge in [-0.15, -0.1) is 35.3 Å². The minimum Gasteiger partial charge on any atom is -0.383 e. The molecule has 3 N–H and O–H groups in total. The number of rotatable bonds is 8. The number of nitrogens with zero attached hydrogens (tertiary/aromatic N) is 2. The van der Waals surface area contributed by atoms with Crippen LogP contribution in [-0.4, -0.2) is 59.1 Å². The van der Waals surface area contributed by atoms with Crippen molar-refractivity contribution in [2.45, 2.75) is 4.21 Å². The summed E-state index contributed by atoms with van der Waals surface area (Å²) in [6, 6.07) is 3.29. The first-order valence-corrected chi connectivity index (χ1v) is 8.33. The Kier molecular flexibility index (Phi) is 10.1. The van der Waals surface area contributed by atoms with E-state index in [0.717, 1.165) is 0 Å². The fourth-order valence-corrected chi connectivity index (χ4v) is 3.70. The van der Waals surface area contributed by atoms with Crippen LogP contribution in [0.15, 0.2) is 26.7 Å². The van der Waals surface area contributed by atoms with Crippen LogP contribution in [0.2, 0.25) is 0 Å². The number of nitrogens with one attached hydrogen (secondary N) is 1. The lowest BCUT2D eigenvalue weighted by Gasteiger charge is -2.14. The van der Waals surface area contributed by atoms with E-state index in [9.17, 15) is 8.42 Å². The third kappa shape index (κ3) is 6.91. The van der Waals surface area contributed by atoms with Crippen molar-refractivity contribution in [2.75, 3.05) is 40.4 Å². The zero-order chi connectivity index (χ0) is 15.0. The van der Waals surface area contributed by atoms with Crippen LogP contribution in [0.5, 0.6) is 0 Å². The Bertz CT molecular complexity index is 520. The van der Waals surface area contributed by atoms with E-state index >= 15 is 0 Å². The van der Waals surface area contributed by atoms with Gasteiger partial charge in [0.1, 0.15) is 4.21 Å². The van der Waals surface area contributed by atoms with Gasteiger partial charge in [0.05, 0.1) is 13.2 Å². The zero-order valence-corrected chi connectivity index (χ0v) is 15.9. The Morgan fingerprint density at radius 2 is 2.29 bits per heavy atom. The maximum absolute atomic E-state index is 12.1. The SMILES string of the molecule is COCCNC(N)=NCCN(C)S(=O)(=O)c1cccs1.I. The Labute approximate surface area is 146 Å². The fourth-order valence-electron chi connectivity index (χ4n) is 1.33. The third-order valence-corrected chi connectivity index (χ3v) is 5.70. The van der Waals surface area contributed by atoms with Crippen LogP contribution in [0.1, 0.15) is 0 Å². The largest absolute Gasteiger partial charge is 0.383 e. The molecule has 122 valence electrons. The Morgan fingerprint density at radius 1 is 1.57 bits per heavy atom. The number of hydrogen-bond donors (Lipinski definition) is 2. The average Bonchev–Trinajstić information content (AvgIpc) is 2.93. The molecule has 0 saturated carbocycles. The lowest BCUT2D eigenvalue weighted by molar-refractivity contribution is 0.204. The molecule has 1 aromatic heterocycles. The van der Waals surface area contributed by atoms with E-state index in [0.29, 0.717) is 23.9 Å². The van der Waals surface area contributed by atoms with E-state index < -0.39 is 10.0 Å². The second-order valence-electron chi connectivity index (χ2n) is 3.95. The van der Waals surface area contributed by atoms with Gasteiger partial charge in [-0.1, -0.05) is 6.07 Å². The van der Waals surface area contributed by atoms with E-state index in [2.05, 4.69) is 10.3 Å². The van der Waals surface area contributed by atoms with Gasteiger partial charge in [0.25, 0.3) is 10.0 Å². The predicted molar refractivity (Wildman–Crippen MR) is 95.9 cm³/mol. The van der Waals surface area contributed by atoms with Gasteiger partial charge < -0.3 is 15.8 Å². The number of halogens is 1. The first kappa shape index (κ1) is 20.6. The maximum Gasteiger partial charge on any atom is 0.252 e. The molecule has 1 aromatic rings.